The van der Waals surface area contributed by atoms with Crippen LogP contribution >= 0.6 is 0 Å². The quantitative estimate of drug-likeness (QED) is 0.516. The largest absolute Gasteiger partial charge is 0.444 e. The maximum Gasteiger partial charge on any atom is 0.410 e. The Labute approximate surface area is 183 Å². The fourth-order valence-electron chi connectivity index (χ4n) is 2.66. The van der Waals surface area contributed by atoms with Crippen molar-refractivity contribution in [1.82, 2.24) is 20.5 Å². The number of nitrogens with zero attached hydrogens (tertiary/aromatic N) is 3. The summed E-state index contributed by atoms with van der Waals surface area (Å²) in [5.41, 5.74) is 1.83. The van der Waals surface area contributed by atoms with Crippen LogP contribution in [0.4, 0.5) is 9.18 Å². The van der Waals surface area contributed by atoms with E-state index in [4.69, 9.17) is 4.74 Å². The number of hydrogen-bond acceptors (Lipinski definition) is 4. The topological polar surface area (TPSA) is 78.9 Å². The Kier molecular flexibility index (Phi) is 8.78. The number of hydrogen-bond donors (Lipinski definition) is 2. The van der Waals surface area contributed by atoms with Crippen molar-refractivity contribution in [3.05, 3.63) is 65.2 Å². The Morgan fingerprint density at radius 2 is 1.84 bits per heavy atom. The third kappa shape index (κ3) is 8.62. The molecule has 2 aromatic rings. The lowest BCUT2D eigenvalue weighted by atomic mass is 10.1. The van der Waals surface area contributed by atoms with Crippen LogP contribution in [-0.2, 0) is 24.4 Å². The van der Waals surface area contributed by atoms with Gasteiger partial charge in [0.1, 0.15) is 11.4 Å². The zero-order valence-corrected chi connectivity index (χ0v) is 18.9. The lowest BCUT2D eigenvalue weighted by molar-refractivity contribution is 0.0285. The minimum atomic E-state index is -0.520. The number of aliphatic imine (C=N–C) groups is 1. The molecular weight excluding hydrogens is 397 g/mol. The van der Waals surface area contributed by atoms with Gasteiger partial charge in [-0.15, -0.1) is 0 Å². The van der Waals surface area contributed by atoms with Crippen molar-refractivity contribution in [2.45, 2.75) is 52.9 Å². The third-order valence-electron chi connectivity index (χ3n) is 4.17. The molecule has 168 valence electrons. The number of pyridine rings is 1. The summed E-state index contributed by atoms with van der Waals surface area (Å²) in [6.07, 6.45) is 1.21. The molecule has 0 fully saturated rings. The molecular formula is C23H32FN5O2. The molecule has 0 bridgehead atoms. The van der Waals surface area contributed by atoms with Crippen LogP contribution in [0.5, 0.6) is 0 Å². The second-order valence-corrected chi connectivity index (χ2v) is 8.13. The lowest BCUT2D eigenvalue weighted by Crippen LogP contribution is -2.37. The molecule has 0 unspecified atom stereocenters. The van der Waals surface area contributed by atoms with E-state index in [1.54, 1.807) is 24.2 Å². The molecule has 2 N–H and O–H groups in total. The number of rotatable bonds is 7. The molecule has 0 atom stereocenters. The molecule has 31 heavy (non-hydrogen) atoms. The van der Waals surface area contributed by atoms with E-state index in [0.29, 0.717) is 31.3 Å². The molecule has 0 aliphatic rings. The van der Waals surface area contributed by atoms with Crippen molar-refractivity contribution >= 4 is 12.1 Å². The fourth-order valence-corrected chi connectivity index (χ4v) is 2.66. The Morgan fingerprint density at radius 1 is 1.16 bits per heavy atom. The van der Waals surface area contributed by atoms with Crippen LogP contribution in [-0.4, -0.2) is 41.1 Å². The first kappa shape index (κ1) is 24.1. The molecule has 2 rings (SSSR count). The number of nitrogens with one attached hydrogen (secondary N) is 2. The second-order valence-electron chi connectivity index (χ2n) is 8.13. The van der Waals surface area contributed by atoms with Gasteiger partial charge in [0.15, 0.2) is 5.96 Å². The van der Waals surface area contributed by atoms with Crippen LogP contribution in [0.3, 0.4) is 0 Å². The number of amides is 1. The Hall–Kier alpha value is -3.16. The highest BCUT2D eigenvalue weighted by Crippen LogP contribution is 2.12. The van der Waals surface area contributed by atoms with Gasteiger partial charge in [0, 0.05) is 26.3 Å². The highest BCUT2D eigenvalue weighted by molar-refractivity contribution is 5.79. The first-order chi connectivity index (χ1) is 14.7. The highest BCUT2D eigenvalue weighted by atomic mass is 19.1. The van der Waals surface area contributed by atoms with E-state index >= 15 is 0 Å². The van der Waals surface area contributed by atoms with Crippen LogP contribution in [0.15, 0.2) is 47.6 Å². The summed E-state index contributed by atoms with van der Waals surface area (Å²) in [6, 6.07) is 10.8. The zero-order chi connectivity index (χ0) is 22.9. The Balaban J connectivity index is 1.92. The summed E-state index contributed by atoms with van der Waals surface area (Å²) in [5.74, 6) is 0.235. The van der Waals surface area contributed by atoms with Gasteiger partial charge < -0.3 is 20.3 Å². The van der Waals surface area contributed by atoms with Crippen molar-refractivity contribution in [2.24, 2.45) is 4.99 Å². The van der Waals surface area contributed by atoms with Crippen molar-refractivity contribution in [1.29, 1.82) is 0 Å². The van der Waals surface area contributed by atoms with Crippen molar-refractivity contribution in [3.63, 3.8) is 0 Å². The number of carbonyl (C=O) groups excluding carboxylic acids is 1. The van der Waals surface area contributed by atoms with Gasteiger partial charge in [-0.25, -0.2) is 14.2 Å². The number of guanidine groups is 1. The van der Waals surface area contributed by atoms with Gasteiger partial charge in [-0.05, 0) is 51.0 Å². The molecule has 0 saturated carbocycles. The monoisotopic (exact) mass is 429 g/mol. The minimum absolute atomic E-state index is 0.244. The van der Waals surface area contributed by atoms with Crippen LogP contribution in [0, 0.1) is 5.82 Å². The summed E-state index contributed by atoms with van der Waals surface area (Å²) in [6.45, 7) is 9.35. The molecule has 0 radical (unpaired) electrons. The van der Waals surface area contributed by atoms with E-state index in [2.05, 4.69) is 20.6 Å². The van der Waals surface area contributed by atoms with E-state index in [0.717, 1.165) is 11.1 Å². The van der Waals surface area contributed by atoms with E-state index in [1.807, 2.05) is 52.0 Å². The molecule has 0 spiro atoms. The number of benzene rings is 1. The first-order valence-corrected chi connectivity index (χ1v) is 10.3. The SMILES string of the molecule is CCNC(=NCc1ccc(CN(C)C(=O)OC(C)(C)C)cc1)NCc1ncccc1F. The number of carbonyl (C=O) groups is 1. The molecule has 1 amide bonds. The fraction of sp³-hybridized carbons (Fsp3) is 0.435. The minimum Gasteiger partial charge on any atom is -0.444 e. The van der Waals surface area contributed by atoms with Crippen molar-refractivity contribution in [2.75, 3.05) is 13.6 Å². The maximum absolute atomic E-state index is 13.7. The Bertz CT molecular complexity index is 878. The molecule has 1 heterocycles. The summed E-state index contributed by atoms with van der Waals surface area (Å²) in [4.78, 5) is 22.2. The van der Waals surface area contributed by atoms with Gasteiger partial charge in [0.2, 0.25) is 0 Å². The third-order valence-corrected chi connectivity index (χ3v) is 4.17. The second kappa shape index (κ2) is 11.3. The zero-order valence-electron chi connectivity index (χ0n) is 18.9. The standard InChI is InChI=1S/C23H32FN5O2/c1-6-25-21(28-15-20-19(24)8-7-13-26-20)27-14-17-9-11-18(12-10-17)16-29(5)22(30)31-23(2,3)4/h7-13H,6,14-16H2,1-5H3,(H2,25,27,28). The van der Waals surface area contributed by atoms with E-state index in [9.17, 15) is 9.18 Å². The van der Waals surface area contributed by atoms with Crippen molar-refractivity contribution in [3.8, 4) is 0 Å². The summed E-state index contributed by atoms with van der Waals surface area (Å²) in [7, 11) is 1.71. The average molecular weight is 430 g/mol. The van der Waals surface area contributed by atoms with Gasteiger partial charge in [0.05, 0.1) is 18.8 Å². The van der Waals surface area contributed by atoms with Crippen LogP contribution in [0.1, 0.15) is 44.5 Å². The highest BCUT2D eigenvalue weighted by Gasteiger charge is 2.19. The number of ether oxygens (including phenoxy) is 1. The van der Waals surface area contributed by atoms with E-state index in [1.165, 1.54) is 6.07 Å². The summed E-state index contributed by atoms with van der Waals surface area (Å²) >= 11 is 0. The van der Waals surface area contributed by atoms with Gasteiger partial charge in [-0.2, -0.15) is 0 Å². The molecule has 0 saturated heterocycles. The molecule has 0 aliphatic carbocycles. The van der Waals surface area contributed by atoms with Gasteiger partial charge in [0.25, 0.3) is 0 Å². The van der Waals surface area contributed by atoms with Gasteiger partial charge >= 0.3 is 6.09 Å². The average Bonchev–Trinajstić information content (AvgIpc) is 2.71. The van der Waals surface area contributed by atoms with E-state index in [-0.39, 0.29) is 18.5 Å². The smallest absolute Gasteiger partial charge is 0.410 e. The molecule has 1 aromatic carbocycles. The van der Waals surface area contributed by atoms with Gasteiger partial charge in [-0.1, -0.05) is 24.3 Å². The number of halogens is 1. The maximum atomic E-state index is 13.7. The summed E-state index contributed by atoms with van der Waals surface area (Å²) in [5, 5.41) is 6.24. The molecule has 0 aliphatic heterocycles. The predicted molar refractivity (Wildman–Crippen MR) is 120 cm³/mol. The summed E-state index contributed by atoms with van der Waals surface area (Å²) < 4.78 is 19.1. The Morgan fingerprint density at radius 3 is 2.45 bits per heavy atom. The van der Waals surface area contributed by atoms with Gasteiger partial charge in [-0.3, -0.25) is 4.98 Å². The van der Waals surface area contributed by atoms with Crippen LogP contribution in [0.2, 0.25) is 0 Å². The van der Waals surface area contributed by atoms with Crippen molar-refractivity contribution < 1.29 is 13.9 Å². The van der Waals surface area contributed by atoms with E-state index < -0.39 is 5.60 Å². The molecule has 7 nitrogen and oxygen atoms in total. The first-order valence-electron chi connectivity index (χ1n) is 10.3. The molecule has 8 heteroatoms. The van der Waals surface area contributed by atoms with Crippen LogP contribution in [0.25, 0.3) is 0 Å². The number of aromatic nitrogens is 1. The van der Waals surface area contributed by atoms with Crippen LogP contribution < -0.4 is 10.6 Å². The lowest BCUT2D eigenvalue weighted by Gasteiger charge is -2.24. The normalized spacial score (nSPS) is 11.7. The predicted octanol–water partition coefficient (Wildman–Crippen LogP) is 3.84. The molecule has 1 aromatic heterocycles.